The van der Waals surface area contributed by atoms with Crippen molar-refractivity contribution in [2.24, 2.45) is 5.92 Å². The van der Waals surface area contributed by atoms with Gasteiger partial charge >= 0.3 is 5.97 Å². The number of fused-ring (bicyclic) bond motifs is 1. The molecule has 0 bridgehead atoms. The molecule has 1 aliphatic heterocycles. The van der Waals surface area contributed by atoms with E-state index in [2.05, 4.69) is 10.6 Å². The topological polar surface area (TPSA) is 116 Å². The zero-order chi connectivity index (χ0) is 22.7. The van der Waals surface area contributed by atoms with E-state index < -0.39 is 29.9 Å². The summed E-state index contributed by atoms with van der Waals surface area (Å²) in [4.78, 5) is 51.2. The molecule has 0 radical (unpaired) electrons. The molecule has 1 heterocycles. The number of hydrogen-bond donors (Lipinski definition) is 3. The lowest BCUT2D eigenvalue weighted by molar-refractivity contribution is -0.143. The Morgan fingerprint density at radius 1 is 0.968 bits per heavy atom. The first kappa shape index (κ1) is 22.0. The molecule has 0 saturated carbocycles. The number of anilines is 1. The van der Waals surface area contributed by atoms with Gasteiger partial charge in [0.15, 0.2) is 0 Å². The highest BCUT2D eigenvalue weighted by molar-refractivity contribution is 6.16. The lowest BCUT2D eigenvalue weighted by Gasteiger charge is -2.21. The minimum atomic E-state index is -1.14. The number of benzene rings is 2. The van der Waals surface area contributed by atoms with Crippen molar-refractivity contribution in [3.8, 4) is 0 Å². The predicted molar refractivity (Wildman–Crippen MR) is 115 cm³/mol. The molecule has 0 spiro atoms. The normalized spacial score (nSPS) is 14.7. The van der Waals surface area contributed by atoms with Crippen LogP contribution in [0.2, 0.25) is 0 Å². The number of carboxylic acid groups (broad SMARTS) is 1. The maximum atomic E-state index is 13.0. The van der Waals surface area contributed by atoms with Crippen molar-refractivity contribution in [3.63, 3.8) is 0 Å². The smallest absolute Gasteiger partial charge is 0.326 e. The summed E-state index contributed by atoms with van der Waals surface area (Å²) >= 11 is 0. The number of carbonyl (C=O) groups excluding carboxylic acids is 3. The molecule has 0 saturated heterocycles. The van der Waals surface area contributed by atoms with E-state index >= 15 is 0 Å². The van der Waals surface area contributed by atoms with E-state index in [4.69, 9.17) is 0 Å². The van der Waals surface area contributed by atoms with Gasteiger partial charge in [-0.25, -0.2) is 4.79 Å². The third-order valence-electron chi connectivity index (χ3n) is 5.22. The first-order valence-electron chi connectivity index (χ1n) is 10.0. The van der Waals surface area contributed by atoms with Crippen molar-refractivity contribution in [2.45, 2.75) is 39.4 Å². The Bertz CT molecular complexity index is 1020. The molecule has 1 aliphatic rings. The second kappa shape index (κ2) is 8.99. The summed E-state index contributed by atoms with van der Waals surface area (Å²) in [5.41, 5.74) is 1.95. The van der Waals surface area contributed by atoms with Gasteiger partial charge in [-0.3, -0.25) is 14.4 Å². The van der Waals surface area contributed by atoms with Gasteiger partial charge < -0.3 is 20.6 Å². The highest BCUT2D eigenvalue weighted by Crippen LogP contribution is 2.30. The number of amides is 3. The van der Waals surface area contributed by atoms with Crippen LogP contribution in [-0.2, 0) is 16.1 Å². The standard InChI is InChI=1S/C23H25N3O5/c1-13(2)19(23(30)31)25-20(27)14(3)24-21(28)17-11-7-8-15-12-26(22(29)18(15)17)16-9-5-4-6-10-16/h4-11,13-14,19H,12H2,1-3H3,(H,24,28)(H,25,27)(H,30,31). The van der Waals surface area contributed by atoms with Crippen molar-refractivity contribution >= 4 is 29.4 Å². The van der Waals surface area contributed by atoms with Crippen LogP contribution in [0.1, 0.15) is 47.1 Å². The molecule has 3 amide bonds. The summed E-state index contributed by atoms with van der Waals surface area (Å²) in [6, 6.07) is 12.2. The highest BCUT2D eigenvalue weighted by Gasteiger charge is 2.33. The molecule has 2 aromatic carbocycles. The molecule has 0 aromatic heterocycles. The second-order valence-corrected chi connectivity index (χ2v) is 7.83. The number of hydrogen-bond acceptors (Lipinski definition) is 4. The minimum absolute atomic E-state index is 0.180. The maximum absolute atomic E-state index is 13.0. The van der Waals surface area contributed by atoms with Crippen molar-refractivity contribution in [1.82, 2.24) is 10.6 Å². The number of carboxylic acids is 1. The lowest BCUT2D eigenvalue weighted by Crippen LogP contribution is -2.52. The Hall–Kier alpha value is -3.68. The largest absolute Gasteiger partial charge is 0.480 e. The van der Waals surface area contributed by atoms with E-state index in [1.54, 1.807) is 36.9 Å². The van der Waals surface area contributed by atoms with Crippen LogP contribution in [0.4, 0.5) is 5.69 Å². The number of rotatable bonds is 7. The Labute approximate surface area is 180 Å². The highest BCUT2D eigenvalue weighted by atomic mass is 16.4. The zero-order valence-electron chi connectivity index (χ0n) is 17.6. The summed E-state index contributed by atoms with van der Waals surface area (Å²) in [6.07, 6.45) is 0. The lowest BCUT2D eigenvalue weighted by atomic mass is 10.0. The fourth-order valence-corrected chi connectivity index (χ4v) is 3.50. The van der Waals surface area contributed by atoms with Crippen molar-refractivity contribution in [2.75, 3.05) is 4.90 Å². The molecule has 3 rings (SSSR count). The molecule has 2 unspecified atom stereocenters. The number of carbonyl (C=O) groups is 4. The van der Waals surface area contributed by atoms with Gasteiger partial charge in [0.05, 0.1) is 17.7 Å². The second-order valence-electron chi connectivity index (χ2n) is 7.83. The summed E-state index contributed by atoms with van der Waals surface area (Å²) in [6.45, 7) is 5.18. The monoisotopic (exact) mass is 423 g/mol. The Balaban J connectivity index is 1.76. The zero-order valence-corrected chi connectivity index (χ0v) is 17.6. The summed E-state index contributed by atoms with van der Waals surface area (Å²) in [5, 5.41) is 14.2. The van der Waals surface area contributed by atoms with Crippen LogP contribution in [-0.4, -0.2) is 40.9 Å². The van der Waals surface area contributed by atoms with Crippen LogP contribution < -0.4 is 15.5 Å². The van der Waals surface area contributed by atoms with Gasteiger partial charge in [0.2, 0.25) is 5.91 Å². The van der Waals surface area contributed by atoms with Gasteiger partial charge in [0.1, 0.15) is 12.1 Å². The summed E-state index contributed by atoms with van der Waals surface area (Å²) in [5.74, 6) is -2.93. The Morgan fingerprint density at radius 2 is 1.65 bits per heavy atom. The van der Waals surface area contributed by atoms with Crippen LogP contribution in [0, 0.1) is 5.92 Å². The molecule has 0 fully saturated rings. The van der Waals surface area contributed by atoms with Crippen molar-refractivity contribution in [1.29, 1.82) is 0 Å². The minimum Gasteiger partial charge on any atom is -0.480 e. The molecule has 162 valence electrons. The maximum Gasteiger partial charge on any atom is 0.326 e. The SMILES string of the molecule is CC(NC(=O)c1cccc2c1C(=O)N(c1ccccc1)C2)C(=O)NC(C(=O)O)C(C)C. The summed E-state index contributed by atoms with van der Waals surface area (Å²) < 4.78 is 0. The molecule has 8 heteroatoms. The van der Waals surface area contributed by atoms with E-state index in [1.807, 2.05) is 30.3 Å². The van der Waals surface area contributed by atoms with Crippen LogP contribution in [0.5, 0.6) is 0 Å². The molecular weight excluding hydrogens is 398 g/mol. The predicted octanol–water partition coefficient (Wildman–Crippen LogP) is 2.19. The van der Waals surface area contributed by atoms with E-state index in [0.29, 0.717) is 12.1 Å². The fourth-order valence-electron chi connectivity index (χ4n) is 3.50. The third kappa shape index (κ3) is 4.58. The van der Waals surface area contributed by atoms with Gasteiger partial charge in [-0.2, -0.15) is 0 Å². The molecule has 3 N–H and O–H groups in total. The van der Waals surface area contributed by atoms with Crippen molar-refractivity contribution in [3.05, 3.63) is 65.2 Å². The number of para-hydroxylation sites is 1. The van der Waals surface area contributed by atoms with Crippen LogP contribution in [0.3, 0.4) is 0 Å². The van der Waals surface area contributed by atoms with E-state index in [1.165, 1.54) is 6.92 Å². The van der Waals surface area contributed by atoms with Gasteiger partial charge in [0, 0.05) is 5.69 Å². The van der Waals surface area contributed by atoms with Crippen LogP contribution in [0.15, 0.2) is 48.5 Å². The van der Waals surface area contributed by atoms with Gasteiger partial charge in [-0.15, -0.1) is 0 Å². The van der Waals surface area contributed by atoms with E-state index in [0.717, 1.165) is 11.3 Å². The molecule has 2 aromatic rings. The summed E-state index contributed by atoms with van der Waals surface area (Å²) in [7, 11) is 0. The molecule has 31 heavy (non-hydrogen) atoms. The first-order valence-corrected chi connectivity index (χ1v) is 10.0. The quantitative estimate of drug-likeness (QED) is 0.631. The van der Waals surface area contributed by atoms with E-state index in [9.17, 15) is 24.3 Å². The molecule has 2 atom stereocenters. The molecular formula is C23H25N3O5. The van der Waals surface area contributed by atoms with Gasteiger partial charge in [0.25, 0.3) is 11.8 Å². The third-order valence-corrected chi connectivity index (χ3v) is 5.22. The number of nitrogens with zero attached hydrogens (tertiary/aromatic N) is 1. The van der Waals surface area contributed by atoms with Gasteiger partial charge in [-0.05, 0) is 36.6 Å². The number of aliphatic carboxylic acids is 1. The van der Waals surface area contributed by atoms with Crippen molar-refractivity contribution < 1.29 is 24.3 Å². The molecule has 8 nitrogen and oxygen atoms in total. The van der Waals surface area contributed by atoms with Crippen LogP contribution in [0.25, 0.3) is 0 Å². The van der Waals surface area contributed by atoms with Gasteiger partial charge in [-0.1, -0.05) is 44.2 Å². The fraction of sp³-hybridized carbons (Fsp3) is 0.304. The Morgan fingerprint density at radius 3 is 2.26 bits per heavy atom. The van der Waals surface area contributed by atoms with Crippen LogP contribution >= 0.6 is 0 Å². The first-order chi connectivity index (χ1) is 14.7. The molecule has 0 aliphatic carbocycles. The number of nitrogens with one attached hydrogen (secondary N) is 2. The Kier molecular flexibility index (Phi) is 6.39. The van der Waals surface area contributed by atoms with E-state index in [-0.39, 0.29) is 17.4 Å². The average molecular weight is 423 g/mol. The average Bonchev–Trinajstić information content (AvgIpc) is 3.08.